The van der Waals surface area contributed by atoms with Crippen molar-refractivity contribution in [3.63, 3.8) is 0 Å². The summed E-state index contributed by atoms with van der Waals surface area (Å²) >= 11 is 0. The topological polar surface area (TPSA) is 58.9 Å². The maximum absolute atomic E-state index is 9.95. The van der Waals surface area contributed by atoms with Gasteiger partial charge in [0.05, 0.1) is 23.6 Å². The van der Waals surface area contributed by atoms with Crippen molar-refractivity contribution in [2.24, 2.45) is 0 Å². The second kappa shape index (κ2) is 4.39. The third-order valence-electron chi connectivity index (χ3n) is 3.32. The number of ether oxygens (including phenoxy) is 1. The standard InChI is InChI=1S/C11H21BO4/c1-8-9(6-7-15-8)12(14)16-11(4,5)10(2,3)13/h13-14H,6-7H2,1-5H3. The second-order valence-electron chi connectivity index (χ2n) is 5.22. The molecule has 1 rings (SSSR count). The van der Waals surface area contributed by atoms with E-state index in [0.717, 1.165) is 11.2 Å². The zero-order valence-corrected chi connectivity index (χ0v) is 10.7. The first-order valence-corrected chi connectivity index (χ1v) is 5.56. The lowest BCUT2D eigenvalue weighted by atomic mass is 9.74. The van der Waals surface area contributed by atoms with Crippen LogP contribution in [0.2, 0.25) is 0 Å². The molecular formula is C11H21BO4. The first-order chi connectivity index (χ1) is 7.15. The molecule has 0 saturated carbocycles. The molecule has 0 amide bonds. The molecule has 2 N–H and O–H groups in total. The average molecular weight is 228 g/mol. The quantitative estimate of drug-likeness (QED) is 0.711. The van der Waals surface area contributed by atoms with Crippen LogP contribution in [0, 0.1) is 0 Å². The third-order valence-corrected chi connectivity index (χ3v) is 3.32. The van der Waals surface area contributed by atoms with Crippen LogP contribution >= 0.6 is 0 Å². The fourth-order valence-electron chi connectivity index (χ4n) is 1.37. The Hall–Kier alpha value is -0.515. The number of hydrogen-bond acceptors (Lipinski definition) is 4. The van der Waals surface area contributed by atoms with Crippen molar-refractivity contribution in [2.75, 3.05) is 6.61 Å². The minimum absolute atomic E-state index is 0.588. The van der Waals surface area contributed by atoms with E-state index >= 15 is 0 Å². The molecule has 0 saturated heterocycles. The zero-order chi connectivity index (χ0) is 12.6. The summed E-state index contributed by atoms with van der Waals surface area (Å²) in [4.78, 5) is 0. The van der Waals surface area contributed by atoms with Gasteiger partial charge in [0, 0.05) is 11.9 Å². The summed E-state index contributed by atoms with van der Waals surface area (Å²) in [7, 11) is -1.01. The third kappa shape index (κ3) is 2.78. The van der Waals surface area contributed by atoms with Gasteiger partial charge in [-0.1, -0.05) is 0 Å². The van der Waals surface area contributed by atoms with Crippen molar-refractivity contribution >= 4 is 7.12 Å². The highest BCUT2D eigenvalue weighted by molar-refractivity contribution is 6.52. The van der Waals surface area contributed by atoms with Crippen molar-refractivity contribution in [1.29, 1.82) is 0 Å². The van der Waals surface area contributed by atoms with E-state index in [4.69, 9.17) is 9.39 Å². The van der Waals surface area contributed by atoms with Crippen molar-refractivity contribution < 1.29 is 19.5 Å². The molecule has 16 heavy (non-hydrogen) atoms. The van der Waals surface area contributed by atoms with E-state index in [-0.39, 0.29) is 0 Å². The van der Waals surface area contributed by atoms with Crippen LogP contribution in [0.5, 0.6) is 0 Å². The molecule has 0 aliphatic carbocycles. The van der Waals surface area contributed by atoms with E-state index in [0.29, 0.717) is 13.0 Å². The molecule has 0 aromatic rings. The van der Waals surface area contributed by atoms with E-state index in [2.05, 4.69) is 0 Å². The molecular weight excluding hydrogens is 207 g/mol. The Kier molecular flexibility index (Phi) is 3.72. The number of aliphatic hydroxyl groups is 1. The highest BCUT2D eigenvalue weighted by atomic mass is 16.6. The van der Waals surface area contributed by atoms with Gasteiger partial charge in [-0.2, -0.15) is 0 Å². The minimum atomic E-state index is -1.03. The van der Waals surface area contributed by atoms with Crippen LogP contribution in [-0.4, -0.2) is 35.1 Å². The van der Waals surface area contributed by atoms with Crippen molar-refractivity contribution in [3.8, 4) is 0 Å². The van der Waals surface area contributed by atoms with E-state index < -0.39 is 18.3 Å². The summed E-state index contributed by atoms with van der Waals surface area (Å²) in [6, 6.07) is 0. The van der Waals surface area contributed by atoms with E-state index in [1.165, 1.54) is 0 Å². The molecule has 1 aliphatic heterocycles. The van der Waals surface area contributed by atoms with Gasteiger partial charge >= 0.3 is 7.12 Å². The van der Waals surface area contributed by atoms with Gasteiger partial charge in [-0.05, 0) is 34.6 Å². The zero-order valence-electron chi connectivity index (χ0n) is 10.7. The van der Waals surface area contributed by atoms with Gasteiger partial charge in [0.15, 0.2) is 0 Å². The van der Waals surface area contributed by atoms with Gasteiger partial charge in [0.2, 0.25) is 0 Å². The lowest BCUT2D eigenvalue weighted by molar-refractivity contribution is -0.0989. The van der Waals surface area contributed by atoms with Crippen LogP contribution in [0.25, 0.3) is 0 Å². The summed E-state index contributed by atoms with van der Waals surface area (Å²) in [6.07, 6.45) is 0.676. The highest BCUT2D eigenvalue weighted by Crippen LogP contribution is 2.29. The SMILES string of the molecule is CC1=C(B(O)OC(C)(C)C(C)(C)O)CCO1. The highest BCUT2D eigenvalue weighted by Gasteiger charge is 2.41. The number of allylic oxidation sites excluding steroid dienone is 1. The van der Waals surface area contributed by atoms with Gasteiger partial charge in [-0.3, -0.25) is 0 Å². The maximum Gasteiger partial charge on any atom is 0.490 e. The molecule has 0 radical (unpaired) electrons. The Morgan fingerprint density at radius 3 is 2.25 bits per heavy atom. The minimum Gasteiger partial charge on any atom is -0.499 e. The Bertz CT molecular complexity index is 291. The molecule has 0 aromatic heterocycles. The Labute approximate surface area is 97.4 Å². The Morgan fingerprint density at radius 2 is 1.88 bits per heavy atom. The molecule has 4 nitrogen and oxygen atoms in total. The first-order valence-electron chi connectivity index (χ1n) is 5.56. The monoisotopic (exact) mass is 228 g/mol. The summed E-state index contributed by atoms with van der Waals surface area (Å²) in [5.74, 6) is 0.721. The van der Waals surface area contributed by atoms with E-state index in [1.54, 1.807) is 27.7 Å². The smallest absolute Gasteiger partial charge is 0.490 e. The van der Waals surface area contributed by atoms with Crippen LogP contribution < -0.4 is 0 Å². The lowest BCUT2D eigenvalue weighted by Crippen LogP contribution is -2.50. The van der Waals surface area contributed by atoms with Crippen molar-refractivity contribution in [2.45, 2.75) is 52.2 Å². The predicted molar refractivity (Wildman–Crippen MR) is 62.7 cm³/mol. The predicted octanol–water partition coefficient (Wildman–Crippen LogP) is 1.27. The van der Waals surface area contributed by atoms with Gasteiger partial charge in [-0.15, -0.1) is 0 Å². The Balaban J connectivity index is 2.71. The average Bonchev–Trinajstić information content (AvgIpc) is 2.48. The van der Waals surface area contributed by atoms with Crippen LogP contribution in [0.3, 0.4) is 0 Å². The van der Waals surface area contributed by atoms with Gasteiger partial charge in [0.25, 0.3) is 0 Å². The molecule has 0 atom stereocenters. The van der Waals surface area contributed by atoms with Crippen molar-refractivity contribution in [3.05, 3.63) is 11.2 Å². The molecule has 0 unspecified atom stereocenters. The number of hydrogen-bond donors (Lipinski definition) is 2. The van der Waals surface area contributed by atoms with Crippen LogP contribution in [0.15, 0.2) is 11.2 Å². The molecule has 1 aliphatic rings. The Morgan fingerprint density at radius 1 is 1.31 bits per heavy atom. The fraction of sp³-hybridized carbons (Fsp3) is 0.818. The van der Waals surface area contributed by atoms with Crippen LogP contribution in [-0.2, 0) is 9.39 Å². The summed E-state index contributed by atoms with van der Waals surface area (Å²) < 4.78 is 10.8. The molecule has 0 aromatic carbocycles. The summed E-state index contributed by atoms with van der Waals surface area (Å²) in [6.45, 7) is 9.22. The molecule has 5 heteroatoms. The maximum atomic E-state index is 9.95. The van der Waals surface area contributed by atoms with Crippen molar-refractivity contribution in [1.82, 2.24) is 0 Å². The normalized spacial score (nSPS) is 17.7. The van der Waals surface area contributed by atoms with Gasteiger partial charge in [-0.25, -0.2) is 0 Å². The largest absolute Gasteiger partial charge is 0.499 e. The summed E-state index contributed by atoms with van der Waals surface area (Å²) in [5, 5.41) is 19.9. The summed E-state index contributed by atoms with van der Waals surface area (Å²) in [5.41, 5.74) is -1.10. The second-order valence-corrected chi connectivity index (χ2v) is 5.22. The molecule has 0 spiro atoms. The van der Waals surface area contributed by atoms with Gasteiger partial charge in [0.1, 0.15) is 0 Å². The molecule has 0 fully saturated rings. The molecule has 1 heterocycles. The van der Waals surface area contributed by atoms with Crippen LogP contribution in [0.4, 0.5) is 0 Å². The van der Waals surface area contributed by atoms with Crippen LogP contribution in [0.1, 0.15) is 41.0 Å². The molecule has 92 valence electrons. The van der Waals surface area contributed by atoms with E-state index in [1.807, 2.05) is 6.92 Å². The van der Waals surface area contributed by atoms with Gasteiger partial charge < -0.3 is 19.5 Å². The molecule has 0 bridgehead atoms. The van der Waals surface area contributed by atoms with E-state index in [9.17, 15) is 10.1 Å². The first kappa shape index (κ1) is 13.5. The number of rotatable bonds is 4. The lowest BCUT2D eigenvalue weighted by Gasteiger charge is -2.38. The fourth-order valence-corrected chi connectivity index (χ4v) is 1.37.